The van der Waals surface area contributed by atoms with Crippen LogP contribution in [0.2, 0.25) is 0 Å². The lowest BCUT2D eigenvalue weighted by atomic mass is 9.99. The molecule has 0 aliphatic carbocycles. The summed E-state index contributed by atoms with van der Waals surface area (Å²) in [4.78, 5) is 41.8. The van der Waals surface area contributed by atoms with Crippen LogP contribution in [0.25, 0.3) is 0 Å². The maximum atomic E-state index is 13.1. The Morgan fingerprint density at radius 1 is 1.09 bits per heavy atom. The van der Waals surface area contributed by atoms with Crippen molar-refractivity contribution in [2.75, 3.05) is 23.3 Å². The zero-order valence-corrected chi connectivity index (χ0v) is 19.2. The predicted octanol–water partition coefficient (Wildman–Crippen LogP) is 4.61. The van der Waals surface area contributed by atoms with Crippen LogP contribution >= 0.6 is 11.6 Å². The van der Waals surface area contributed by atoms with Gasteiger partial charge in [-0.3, -0.25) is 14.4 Å². The Kier molecular flexibility index (Phi) is 6.07. The summed E-state index contributed by atoms with van der Waals surface area (Å²) in [5.41, 5.74) is 3.31. The van der Waals surface area contributed by atoms with Gasteiger partial charge in [-0.15, -0.1) is 0 Å². The second kappa shape index (κ2) is 8.79. The van der Waals surface area contributed by atoms with Gasteiger partial charge in [-0.1, -0.05) is 36.7 Å². The lowest BCUT2D eigenvalue weighted by Crippen LogP contribution is -2.39. The van der Waals surface area contributed by atoms with Gasteiger partial charge in [-0.2, -0.15) is 0 Å². The molecule has 0 bridgehead atoms. The third kappa shape index (κ3) is 4.15. The van der Waals surface area contributed by atoms with Crippen LogP contribution in [0.15, 0.2) is 53.2 Å². The normalized spacial score (nSPS) is 19.1. The number of hydrogen-bond donors (Lipinski definition) is 1. The first kappa shape index (κ1) is 22.1. The fraction of sp³-hybridized carbons (Fsp3) is 0.320. The highest BCUT2D eigenvalue weighted by Crippen LogP contribution is 2.32. The number of benzene rings is 2. The van der Waals surface area contributed by atoms with Crippen LogP contribution in [0.1, 0.15) is 41.3 Å². The van der Waals surface area contributed by atoms with Gasteiger partial charge in [0.25, 0.3) is 17.7 Å². The fourth-order valence-corrected chi connectivity index (χ4v) is 4.43. The molecular weight excluding hydrogens is 426 g/mol. The van der Waals surface area contributed by atoms with E-state index in [4.69, 9.17) is 11.6 Å². The molecule has 1 saturated heterocycles. The van der Waals surface area contributed by atoms with Crippen molar-refractivity contribution in [2.45, 2.75) is 33.6 Å². The minimum absolute atomic E-state index is 0.00812. The number of nitrogens with one attached hydrogen (secondary N) is 1. The zero-order chi connectivity index (χ0) is 23.0. The van der Waals surface area contributed by atoms with Gasteiger partial charge < -0.3 is 10.2 Å². The molecule has 0 radical (unpaired) electrons. The number of imide groups is 1. The second-order valence-electron chi connectivity index (χ2n) is 8.63. The van der Waals surface area contributed by atoms with E-state index in [-0.39, 0.29) is 16.6 Å². The van der Waals surface area contributed by atoms with Gasteiger partial charge >= 0.3 is 0 Å². The van der Waals surface area contributed by atoms with E-state index in [0.717, 1.165) is 42.0 Å². The van der Waals surface area contributed by atoms with Crippen molar-refractivity contribution in [1.82, 2.24) is 4.90 Å². The number of carbonyl (C=O) groups is 3. The van der Waals surface area contributed by atoms with Crippen LogP contribution in [0.4, 0.5) is 11.4 Å². The third-order valence-corrected chi connectivity index (χ3v) is 6.31. The van der Waals surface area contributed by atoms with Gasteiger partial charge in [0.2, 0.25) is 0 Å². The molecule has 1 unspecified atom stereocenters. The molecule has 1 atom stereocenters. The highest BCUT2D eigenvalue weighted by Gasteiger charge is 2.39. The molecule has 1 fully saturated rings. The summed E-state index contributed by atoms with van der Waals surface area (Å²) in [5.74, 6) is -0.639. The maximum Gasteiger partial charge on any atom is 0.283 e. The summed E-state index contributed by atoms with van der Waals surface area (Å²) in [6.45, 7) is 7.37. The van der Waals surface area contributed by atoms with Crippen molar-refractivity contribution in [1.29, 1.82) is 0 Å². The molecule has 1 N–H and O–H groups in total. The Hall–Kier alpha value is -3.12. The molecule has 2 aromatic carbocycles. The summed E-state index contributed by atoms with van der Waals surface area (Å²) in [5, 5.41) is 2.81. The summed E-state index contributed by atoms with van der Waals surface area (Å²) >= 11 is 6.28. The van der Waals surface area contributed by atoms with Crippen molar-refractivity contribution in [2.24, 2.45) is 5.92 Å². The van der Waals surface area contributed by atoms with E-state index in [9.17, 15) is 14.4 Å². The van der Waals surface area contributed by atoms with Gasteiger partial charge in [-0.05, 0) is 68.0 Å². The SMILES string of the molecule is Cc1ccc(C)c(N2C(=O)C(Cl)=C(Nc3cccc(C(=O)N4CCCC(C)C4)c3)C2=O)c1. The number of aryl methyl sites for hydroxylation is 2. The molecule has 4 rings (SSSR count). The lowest BCUT2D eigenvalue weighted by Gasteiger charge is -2.31. The summed E-state index contributed by atoms with van der Waals surface area (Å²) in [6.07, 6.45) is 2.13. The number of halogens is 1. The minimum Gasteiger partial charge on any atom is -0.350 e. The molecule has 32 heavy (non-hydrogen) atoms. The highest BCUT2D eigenvalue weighted by atomic mass is 35.5. The number of piperidine rings is 1. The Bertz CT molecular complexity index is 1140. The standard InChI is InChI=1S/C25H26ClN3O3/c1-15-9-10-17(3)20(12-15)29-24(31)21(26)22(25(29)32)27-19-8-4-7-18(13-19)23(30)28-11-5-6-16(2)14-28/h4,7-10,12-13,16,27H,5-6,11,14H2,1-3H3. The molecule has 2 aliphatic rings. The van der Waals surface area contributed by atoms with Crippen molar-refractivity contribution < 1.29 is 14.4 Å². The molecule has 2 aliphatic heterocycles. The van der Waals surface area contributed by atoms with Crippen LogP contribution in [0.5, 0.6) is 0 Å². The van der Waals surface area contributed by atoms with Gasteiger partial charge in [-0.25, -0.2) is 4.90 Å². The average Bonchev–Trinajstić information content (AvgIpc) is 2.98. The first-order valence-electron chi connectivity index (χ1n) is 10.8. The number of amides is 3. The molecule has 6 nitrogen and oxygen atoms in total. The maximum absolute atomic E-state index is 13.1. The molecule has 2 heterocycles. The van der Waals surface area contributed by atoms with E-state index >= 15 is 0 Å². The smallest absolute Gasteiger partial charge is 0.283 e. The number of rotatable bonds is 4. The Morgan fingerprint density at radius 3 is 2.62 bits per heavy atom. The molecule has 0 saturated carbocycles. The Labute approximate surface area is 192 Å². The molecular formula is C25H26ClN3O3. The van der Waals surface area contributed by atoms with E-state index in [1.807, 2.05) is 30.9 Å². The summed E-state index contributed by atoms with van der Waals surface area (Å²) in [6, 6.07) is 12.5. The fourth-order valence-electron chi connectivity index (χ4n) is 4.22. The number of anilines is 2. The van der Waals surface area contributed by atoms with Gasteiger partial charge in [0.1, 0.15) is 10.7 Å². The predicted molar refractivity (Wildman–Crippen MR) is 126 cm³/mol. The van der Waals surface area contributed by atoms with Crippen LogP contribution in [0, 0.1) is 19.8 Å². The topological polar surface area (TPSA) is 69.7 Å². The number of likely N-dealkylation sites (tertiary alicyclic amines) is 1. The van der Waals surface area contributed by atoms with E-state index in [2.05, 4.69) is 12.2 Å². The first-order valence-corrected chi connectivity index (χ1v) is 11.2. The van der Waals surface area contributed by atoms with Crippen molar-refractivity contribution >= 4 is 40.7 Å². The largest absolute Gasteiger partial charge is 0.350 e. The van der Waals surface area contributed by atoms with Gasteiger partial charge in [0, 0.05) is 24.3 Å². The van der Waals surface area contributed by atoms with E-state index in [1.54, 1.807) is 30.3 Å². The number of carbonyl (C=O) groups excluding carboxylic acids is 3. The molecule has 7 heteroatoms. The molecule has 3 amide bonds. The molecule has 166 valence electrons. The quantitative estimate of drug-likeness (QED) is 0.689. The lowest BCUT2D eigenvalue weighted by molar-refractivity contribution is -0.120. The van der Waals surface area contributed by atoms with E-state index in [0.29, 0.717) is 22.9 Å². The molecule has 2 aromatic rings. The summed E-state index contributed by atoms with van der Waals surface area (Å²) in [7, 11) is 0. The van der Waals surface area contributed by atoms with Crippen molar-refractivity contribution in [3.05, 3.63) is 69.9 Å². The zero-order valence-electron chi connectivity index (χ0n) is 18.4. The van der Waals surface area contributed by atoms with Crippen molar-refractivity contribution in [3.8, 4) is 0 Å². The average molecular weight is 452 g/mol. The highest BCUT2D eigenvalue weighted by molar-refractivity contribution is 6.53. The molecule has 0 aromatic heterocycles. The van der Waals surface area contributed by atoms with Crippen LogP contribution in [-0.2, 0) is 9.59 Å². The first-order chi connectivity index (χ1) is 15.3. The number of nitrogens with zero attached hydrogens (tertiary/aromatic N) is 2. The van der Waals surface area contributed by atoms with Crippen molar-refractivity contribution in [3.63, 3.8) is 0 Å². The third-order valence-electron chi connectivity index (χ3n) is 5.96. The van der Waals surface area contributed by atoms with Gasteiger partial charge in [0.15, 0.2) is 0 Å². The Morgan fingerprint density at radius 2 is 1.88 bits per heavy atom. The summed E-state index contributed by atoms with van der Waals surface area (Å²) < 4.78 is 0. The van der Waals surface area contributed by atoms with Crippen LogP contribution in [0.3, 0.4) is 0 Å². The van der Waals surface area contributed by atoms with E-state index in [1.165, 1.54) is 0 Å². The number of hydrogen-bond acceptors (Lipinski definition) is 4. The van der Waals surface area contributed by atoms with Gasteiger partial charge in [0.05, 0.1) is 5.69 Å². The molecule has 0 spiro atoms. The van der Waals surface area contributed by atoms with Crippen LogP contribution in [-0.4, -0.2) is 35.7 Å². The minimum atomic E-state index is -0.567. The second-order valence-corrected chi connectivity index (χ2v) is 9.01. The van der Waals surface area contributed by atoms with Crippen LogP contribution < -0.4 is 10.2 Å². The monoisotopic (exact) mass is 451 g/mol. The van der Waals surface area contributed by atoms with E-state index < -0.39 is 11.8 Å². The Balaban J connectivity index is 1.57.